The molecule has 0 aromatic heterocycles. The zero-order valence-electron chi connectivity index (χ0n) is 12.9. The summed E-state index contributed by atoms with van der Waals surface area (Å²) in [4.78, 5) is 23.8. The lowest BCUT2D eigenvalue weighted by molar-refractivity contribution is -0.136. The van der Waals surface area contributed by atoms with Crippen LogP contribution in [0.4, 0.5) is 5.69 Å². The first-order valence-electron chi connectivity index (χ1n) is 6.91. The number of carbonyl (C=O) groups is 2. The van der Waals surface area contributed by atoms with E-state index in [9.17, 15) is 14.7 Å². The Hall–Kier alpha value is -1.96. The van der Waals surface area contributed by atoms with Gasteiger partial charge in [-0.05, 0) is 51.8 Å². The zero-order valence-corrected chi connectivity index (χ0v) is 16.0. The van der Waals surface area contributed by atoms with Crippen molar-refractivity contribution >= 4 is 56.6 Å². The van der Waals surface area contributed by atoms with Crippen LogP contribution in [0.1, 0.15) is 5.56 Å². The van der Waals surface area contributed by atoms with Crippen molar-refractivity contribution in [3.63, 3.8) is 0 Å². The average molecular weight is 448 g/mol. The number of ether oxygens (including phenoxy) is 1. The Kier molecular flexibility index (Phi) is 6.52. The van der Waals surface area contributed by atoms with Gasteiger partial charge in [0, 0.05) is 22.3 Å². The first-order chi connectivity index (χ1) is 11.8. The number of aromatic hydroxyl groups is 1. The fraction of sp³-hybridized carbons (Fsp3) is 0.125. The van der Waals surface area contributed by atoms with E-state index in [1.54, 1.807) is 12.1 Å². The van der Waals surface area contributed by atoms with Crippen LogP contribution in [-0.4, -0.2) is 24.0 Å². The lowest BCUT2D eigenvalue weighted by Crippen LogP contribution is -2.34. The number of phenolic OH excluding ortho intramolecular Hbond substituents is 1. The second kappa shape index (κ2) is 8.42. The fourth-order valence-electron chi connectivity index (χ4n) is 1.96. The molecule has 0 atom stereocenters. The highest BCUT2D eigenvalue weighted by atomic mass is 79.9. The van der Waals surface area contributed by atoms with Crippen LogP contribution >= 0.6 is 39.1 Å². The molecule has 25 heavy (non-hydrogen) atoms. The van der Waals surface area contributed by atoms with Crippen LogP contribution in [-0.2, 0) is 16.1 Å². The molecule has 0 heterocycles. The molecular weight excluding hydrogens is 435 g/mol. The maximum absolute atomic E-state index is 11.9. The second-order valence-electron chi connectivity index (χ2n) is 4.92. The summed E-state index contributed by atoms with van der Waals surface area (Å²) in [6, 6.07) is 7.61. The Morgan fingerprint density at radius 3 is 2.36 bits per heavy atom. The van der Waals surface area contributed by atoms with E-state index in [2.05, 4.69) is 26.6 Å². The van der Waals surface area contributed by atoms with Gasteiger partial charge in [-0.2, -0.15) is 0 Å². The number of nitrogens with one attached hydrogen (secondary N) is 2. The van der Waals surface area contributed by atoms with Gasteiger partial charge < -0.3 is 20.5 Å². The van der Waals surface area contributed by atoms with E-state index in [1.807, 2.05) is 0 Å². The lowest BCUT2D eigenvalue weighted by atomic mass is 10.2. The highest BCUT2D eigenvalue weighted by molar-refractivity contribution is 9.10. The third-order valence-electron chi connectivity index (χ3n) is 3.09. The Balaban J connectivity index is 2.00. The molecule has 2 aromatic carbocycles. The number of hydrogen-bond donors (Lipinski definition) is 3. The normalized spacial score (nSPS) is 10.2. The molecule has 0 fully saturated rings. The highest BCUT2D eigenvalue weighted by Gasteiger charge is 2.15. The minimum absolute atomic E-state index is 0.0480. The summed E-state index contributed by atoms with van der Waals surface area (Å²) in [6.45, 7) is 0.0673. The molecule has 2 aromatic rings. The zero-order chi connectivity index (χ0) is 18.6. The van der Waals surface area contributed by atoms with Crippen molar-refractivity contribution in [3.05, 3.63) is 50.4 Å². The minimum Gasteiger partial charge on any atom is -0.503 e. The van der Waals surface area contributed by atoms with E-state index in [0.717, 1.165) is 0 Å². The number of phenols is 1. The number of hydrogen-bond acceptors (Lipinski definition) is 4. The SMILES string of the molecule is COc1cc(CNC(=O)C(=O)Nc2cc(Cl)cc(Cl)c2)cc(Br)c1O. The van der Waals surface area contributed by atoms with E-state index in [4.69, 9.17) is 27.9 Å². The Morgan fingerprint density at radius 2 is 1.76 bits per heavy atom. The Morgan fingerprint density at radius 1 is 1.12 bits per heavy atom. The Bertz CT molecular complexity index is 810. The van der Waals surface area contributed by atoms with Crippen LogP contribution in [0.3, 0.4) is 0 Å². The molecule has 0 aliphatic heterocycles. The van der Waals surface area contributed by atoms with Crippen LogP contribution < -0.4 is 15.4 Å². The fourth-order valence-corrected chi connectivity index (χ4v) is 2.98. The number of benzene rings is 2. The first-order valence-corrected chi connectivity index (χ1v) is 8.45. The monoisotopic (exact) mass is 446 g/mol. The maximum atomic E-state index is 11.9. The molecule has 2 amide bonds. The molecule has 0 unspecified atom stereocenters. The van der Waals surface area contributed by atoms with Gasteiger partial charge in [-0.15, -0.1) is 0 Å². The van der Waals surface area contributed by atoms with Crippen LogP contribution in [0.25, 0.3) is 0 Å². The molecule has 3 N–H and O–H groups in total. The van der Waals surface area contributed by atoms with Crippen LogP contribution in [0, 0.1) is 0 Å². The lowest BCUT2D eigenvalue weighted by Gasteiger charge is -2.10. The first kappa shape index (κ1) is 19.4. The molecule has 0 saturated carbocycles. The van der Waals surface area contributed by atoms with Gasteiger partial charge in [0.15, 0.2) is 11.5 Å². The van der Waals surface area contributed by atoms with Gasteiger partial charge in [0.25, 0.3) is 0 Å². The van der Waals surface area contributed by atoms with Crippen LogP contribution in [0.2, 0.25) is 10.0 Å². The largest absolute Gasteiger partial charge is 0.503 e. The number of halogens is 3. The minimum atomic E-state index is -0.858. The molecule has 0 bridgehead atoms. The predicted molar refractivity (Wildman–Crippen MR) is 99.3 cm³/mol. The number of amides is 2. The Labute approximate surface area is 162 Å². The summed E-state index contributed by atoms with van der Waals surface area (Å²) < 4.78 is 5.44. The summed E-state index contributed by atoms with van der Waals surface area (Å²) in [7, 11) is 1.41. The van der Waals surface area contributed by atoms with E-state index >= 15 is 0 Å². The molecule has 6 nitrogen and oxygen atoms in total. The molecule has 0 aliphatic rings. The van der Waals surface area contributed by atoms with Gasteiger partial charge in [-0.1, -0.05) is 23.2 Å². The van der Waals surface area contributed by atoms with Gasteiger partial charge >= 0.3 is 11.8 Å². The smallest absolute Gasteiger partial charge is 0.313 e. The van der Waals surface area contributed by atoms with Gasteiger partial charge in [0.1, 0.15) is 0 Å². The van der Waals surface area contributed by atoms with E-state index in [0.29, 0.717) is 25.8 Å². The van der Waals surface area contributed by atoms with Crippen molar-refractivity contribution in [2.45, 2.75) is 6.54 Å². The summed E-state index contributed by atoms with van der Waals surface area (Å²) in [5, 5.41) is 15.3. The van der Waals surface area contributed by atoms with E-state index < -0.39 is 11.8 Å². The third kappa shape index (κ3) is 5.26. The summed E-state index contributed by atoms with van der Waals surface area (Å²) in [5.74, 6) is -1.49. The van der Waals surface area contributed by atoms with Crippen molar-refractivity contribution in [1.29, 1.82) is 0 Å². The van der Waals surface area contributed by atoms with Crippen molar-refractivity contribution in [2.75, 3.05) is 12.4 Å². The molecule has 2 rings (SSSR count). The van der Waals surface area contributed by atoms with Crippen molar-refractivity contribution in [1.82, 2.24) is 5.32 Å². The molecule has 9 heteroatoms. The summed E-state index contributed by atoms with van der Waals surface area (Å²) in [5.41, 5.74) is 0.945. The van der Waals surface area contributed by atoms with Crippen molar-refractivity contribution < 1.29 is 19.4 Å². The molecule has 132 valence electrons. The molecule has 0 spiro atoms. The van der Waals surface area contributed by atoms with Crippen LogP contribution in [0.5, 0.6) is 11.5 Å². The van der Waals surface area contributed by atoms with E-state index in [1.165, 1.54) is 25.3 Å². The summed E-state index contributed by atoms with van der Waals surface area (Å²) in [6.07, 6.45) is 0. The standard InChI is InChI=1S/C16H13BrCl2N2O4/c1-25-13-3-8(2-12(17)14(13)22)7-20-15(23)16(24)21-11-5-9(18)4-10(19)6-11/h2-6,22H,7H2,1H3,(H,20,23)(H,21,24). The second-order valence-corrected chi connectivity index (χ2v) is 6.65. The van der Waals surface area contributed by atoms with Crippen molar-refractivity contribution in [2.24, 2.45) is 0 Å². The molecular formula is C16H13BrCl2N2O4. The van der Waals surface area contributed by atoms with Crippen molar-refractivity contribution in [3.8, 4) is 11.5 Å². The van der Waals surface area contributed by atoms with Gasteiger partial charge in [0.05, 0.1) is 11.6 Å². The highest BCUT2D eigenvalue weighted by Crippen LogP contribution is 2.35. The molecule has 0 aliphatic carbocycles. The molecule has 0 radical (unpaired) electrons. The molecule has 0 saturated heterocycles. The van der Waals surface area contributed by atoms with Gasteiger partial charge in [0.2, 0.25) is 0 Å². The third-order valence-corrected chi connectivity index (χ3v) is 4.13. The number of rotatable bonds is 4. The quantitative estimate of drug-likeness (QED) is 0.623. The van der Waals surface area contributed by atoms with Gasteiger partial charge in [-0.25, -0.2) is 0 Å². The number of methoxy groups -OCH3 is 1. The van der Waals surface area contributed by atoms with E-state index in [-0.39, 0.29) is 18.0 Å². The number of carbonyl (C=O) groups excluding carboxylic acids is 2. The topological polar surface area (TPSA) is 87.7 Å². The summed E-state index contributed by atoms with van der Waals surface area (Å²) >= 11 is 14.9. The average Bonchev–Trinajstić information content (AvgIpc) is 2.54. The maximum Gasteiger partial charge on any atom is 0.313 e. The van der Waals surface area contributed by atoms with Crippen LogP contribution in [0.15, 0.2) is 34.8 Å². The predicted octanol–water partition coefficient (Wildman–Crippen LogP) is 3.73. The van der Waals surface area contributed by atoms with Gasteiger partial charge in [-0.3, -0.25) is 9.59 Å². The number of anilines is 1.